The number of hydrogen-bond donors (Lipinski definition) is 1. The molecule has 4 rings (SSSR count). The third-order valence-corrected chi connectivity index (χ3v) is 4.67. The second kappa shape index (κ2) is 5.28. The number of aliphatic hydroxyl groups excluding tert-OH is 1. The Bertz CT molecular complexity index is 579. The monoisotopic (exact) mass is 305 g/mol. The molecule has 6 nitrogen and oxygen atoms in total. The van der Waals surface area contributed by atoms with Gasteiger partial charge in [0.15, 0.2) is 0 Å². The Hall–Kier alpha value is -2.08. The molecule has 3 aliphatic rings. The van der Waals surface area contributed by atoms with Crippen LogP contribution >= 0.6 is 0 Å². The first-order chi connectivity index (χ1) is 10.6. The summed E-state index contributed by atoms with van der Waals surface area (Å²) in [4.78, 5) is 25.8. The van der Waals surface area contributed by atoms with Gasteiger partial charge in [-0.1, -0.05) is 30.3 Å². The standard InChI is InChI=1S/C16H19NO5/c1-21-13(19)16-8-15(9-16,11-18)10-17(16)14(20)22-7-12-5-3-2-4-6-12/h2-6,18H,7-11H2,1H3. The number of methoxy groups -OCH3 is 1. The molecule has 0 spiro atoms. The van der Waals surface area contributed by atoms with Crippen molar-refractivity contribution in [1.82, 2.24) is 4.90 Å². The molecule has 0 unspecified atom stereocenters. The molecule has 2 bridgehead atoms. The number of hydrogen-bond acceptors (Lipinski definition) is 5. The normalized spacial score (nSPS) is 28.9. The first-order valence-electron chi connectivity index (χ1n) is 7.23. The van der Waals surface area contributed by atoms with E-state index in [4.69, 9.17) is 9.47 Å². The fourth-order valence-electron chi connectivity index (χ4n) is 3.62. The molecule has 3 fully saturated rings. The molecule has 6 heteroatoms. The molecule has 1 saturated carbocycles. The van der Waals surface area contributed by atoms with Gasteiger partial charge in [0.2, 0.25) is 0 Å². The van der Waals surface area contributed by atoms with Gasteiger partial charge in [0.25, 0.3) is 0 Å². The first-order valence-corrected chi connectivity index (χ1v) is 7.23. The highest BCUT2D eigenvalue weighted by Crippen LogP contribution is 2.59. The van der Waals surface area contributed by atoms with Crippen molar-refractivity contribution >= 4 is 12.1 Å². The van der Waals surface area contributed by atoms with E-state index in [1.165, 1.54) is 12.0 Å². The molecule has 0 radical (unpaired) electrons. The number of benzene rings is 1. The van der Waals surface area contributed by atoms with E-state index in [2.05, 4.69) is 0 Å². The highest BCUT2D eigenvalue weighted by molar-refractivity contribution is 5.89. The Labute approximate surface area is 128 Å². The number of carbonyl (C=O) groups is 2. The maximum atomic E-state index is 12.4. The van der Waals surface area contributed by atoms with Gasteiger partial charge in [-0.15, -0.1) is 0 Å². The molecule has 2 saturated heterocycles. The highest BCUT2D eigenvalue weighted by Gasteiger charge is 2.71. The summed E-state index contributed by atoms with van der Waals surface area (Å²) in [6, 6.07) is 9.35. The van der Waals surface area contributed by atoms with Crippen LogP contribution in [0.2, 0.25) is 0 Å². The van der Waals surface area contributed by atoms with Gasteiger partial charge in [-0.05, 0) is 18.4 Å². The predicted octanol–water partition coefficient (Wildman–Crippen LogP) is 1.32. The highest BCUT2D eigenvalue weighted by atomic mass is 16.6. The molecule has 22 heavy (non-hydrogen) atoms. The largest absolute Gasteiger partial charge is 0.467 e. The van der Waals surface area contributed by atoms with Gasteiger partial charge in [-0.2, -0.15) is 0 Å². The summed E-state index contributed by atoms with van der Waals surface area (Å²) < 4.78 is 10.2. The van der Waals surface area contributed by atoms with Gasteiger partial charge >= 0.3 is 12.1 Å². The van der Waals surface area contributed by atoms with Crippen LogP contribution in [0, 0.1) is 5.41 Å². The third kappa shape index (κ3) is 2.14. The minimum absolute atomic E-state index is 0.0474. The van der Waals surface area contributed by atoms with Crippen molar-refractivity contribution in [3.63, 3.8) is 0 Å². The van der Waals surface area contributed by atoms with E-state index in [0.717, 1.165) is 5.56 Å². The predicted molar refractivity (Wildman–Crippen MR) is 76.8 cm³/mol. The van der Waals surface area contributed by atoms with Crippen molar-refractivity contribution in [2.45, 2.75) is 25.0 Å². The van der Waals surface area contributed by atoms with Crippen LogP contribution in [0.5, 0.6) is 0 Å². The van der Waals surface area contributed by atoms with Gasteiger partial charge in [0.1, 0.15) is 12.1 Å². The van der Waals surface area contributed by atoms with Crippen molar-refractivity contribution in [3.8, 4) is 0 Å². The Morgan fingerprint density at radius 2 is 1.95 bits per heavy atom. The maximum Gasteiger partial charge on any atom is 0.411 e. The van der Waals surface area contributed by atoms with E-state index in [1.54, 1.807) is 0 Å². The third-order valence-electron chi connectivity index (χ3n) is 4.67. The zero-order valence-electron chi connectivity index (χ0n) is 12.4. The Balaban J connectivity index is 1.70. The maximum absolute atomic E-state index is 12.4. The van der Waals surface area contributed by atoms with Crippen molar-refractivity contribution in [2.75, 3.05) is 20.3 Å². The number of carbonyl (C=O) groups excluding carboxylic acids is 2. The average molecular weight is 305 g/mol. The molecule has 0 aromatic heterocycles. The van der Waals surface area contributed by atoms with E-state index in [9.17, 15) is 14.7 Å². The first kappa shape index (κ1) is 14.8. The van der Waals surface area contributed by atoms with Crippen molar-refractivity contribution in [3.05, 3.63) is 35.9 Å². The zero-order valence-corrected chi connectivity index (χ0v) is 12.4. The number of aliphatic hydroxyl groups is 1. The lowest BCUT2D eigenvalue weighted by atomic mass is 9.62. The van der Waals surface area contributed by atoms with Crippen LogP contribution in [0.25, 0.3) is 0 Å². The van der Waals surface area contributed by atoms with E-state index < -0.39 is 17.6 Å². The smallest absolute Gasteiger partial charge is 0.411 e. The van der Waals surface area contributed by atoms with Crippen LogP contribution in [0.4, 0.5) is 4.79 Å². The van der Waals surface area contributed by atoms with Crippen molar-refractivity contribution in [1.29, 1.82) is 0 Å². The molecular formula is C16H19NO5. The number of amides is 1. The second-order valence-electron chi connectivity index (χ2n) is 6.16. The van der Waals surface area contributed by atoms with Crippen LogP contribution in [0.3, 0.4) is 0 Å². The Kier molecular flexibility index (Phi) is 3.56. The molecule has 1 amide bonds. The van der Waals surface area contributed by atoms with Crippen LogP contribution in [0.15, 0.2) is 30.3 Å². The lowest BCUT2D eigenvalue weighted by Crippen LogP contribution is -2.58. The number of rotatable bonds is 4. The summed E-state index contributed by atoms with van der Waals surface area (Å²) in [6.07, 6.45) is 0.329. The molecule has 1 N–H and O–H groups in total. The van der Waals surface area contributed by atoms with Gasteiger partial charge in [0, 0.05) is 12.0 Å². The van der Waals surface area contributed by atoms with Crippen LogP contribution in [0.1, 0.15) is 18.4 Å². The summed E-state index contributed by atoms with van der Waals surface area (Å²) in [5.74, 6) is -0.439. The fourth-order valence-corrected chi connectivity index (χ4v) is 3.62. The summed E-state index contributed by atoms with van der Waals surface area (Å²) in [5, 5.41) is 9.51. The SMILES string of the molecule is COC(=O)C12CC(CO)(CN1C(=O)OCc1ccccc1)C2. The summed E-state index contributed by atoms with van der Waals surface area (Å²) >= 11 is 0. The van der Waals surface area contributed by atoms with Gasteiger partial charge in [-0.25, -0.2) is 9.59 Å². The lowest BCUT2D eigenvalue weighted by molar-refractivity contribution is -0.158. The minimum Gasteiger partial charge on any atom is -0.467 e. The van der Waals surface area contributed by atoms with Gasteiger partial charge in [-0.3, -0.25) is 4.90 Å². The fraction of sp³-hybridized carbons (Fsp3) is 0.500. The van der Waals surface area contributed by atoms with E-state index in [1.807, 2.05) is 30.3 Å². The second-order valence-corrected chi connectivity index (χ2v) is 6.16. The Morgan fingerprint density at radius 1 is 1.27 bits per heavy atom. The average Bonchev–Trinajstić information content (AvgIpc) is 3.04. The van der Waals surface area contributed by atoms with Crippen molar-refractivity contribution in [2.24, 2.45) is 5.41 Å². The summed E-state index contributed by atoms with van der Waals surface area (Å²) in [5.41, 5.74) is -0.475. The zero-order chi connectivity index (χ0) is 15.8. The molecule has 1 aromatic rings. The van der Waals surface area contributed by atoms with Crippen LogP contribution in [-0.2, 0) is 20.9 Å². The van der Waals surface area contributed by atoms with E-state index in [-0.39, 0.29) is 18.6 Å². The molecule has 118 valence electrons. The van der Waals surface area contributed by atoms with Crippen LogP contribution < -0.4 is 0 Å². The molecule has 2 aliphatic heterocycles. The number of ether oxygens (including phenoxy) is 2. The summed E-state index contributed by atoms with van der Waals surface area (Å²) in [7, 11) is 1.31. The minimum atomic E-state index is -0.967. The Morgan fingerprint density at radius 3 is 2.55 bits per heavy atom. The quantitative estimate of drug-likeness (QED) is 0.849. The number of nitrogens with zero attached hydrogens (tertiary/aromatic N) is 1. The van der Waals surface area contributed by atoms with Gasteiger partial charge in [0.05, 0.1) is 13.7 Å². The van der Waals surface area contributed by atoms with Crippen LogP contribution in [-0.4, -0.2) is 47.9 Å². The molecular weight excluding hydrogens is 286 g/mol. The number of esters is 1. The molecule has 1 aliphatic carbocycles. The molecule has 1 aromatic carbocycles. The van der Waals surface area contributed by atoms with Gasteiger partial charge < -0.3 is 14.6 Å². The molecule has 2 heterocycles. The lowest BCUT2D eigenvalue weighted by Gasteiger charge is -2.43. The van der Waals surface area contributed by atoms with E-state index in [0.29, 0.717) is 19.4 Å². The summed E-state index contributed by atoms with van der Waals surface area (Å²) in [6.45, 7) is 0.431. The van der Waals surface area contributed by atoms with Crippen molar-refractivity contribution < 1.29 is 24.2 Å². The van der Waals surface area contributed by atoms with E-state index >= 15 is 0 Å². The number of fused-ring (bicyclic) bond motifs is 1. The topological polar surface area (TPSA) is 76.1 Å². The molecule has 0 atom stereocenters.